The average molecular weight is 513 g/mol. The molecular formula is C30H32N4O4. The molecule has 5 N–H and O–H groups in total. The van der Waals surface area contributed by atoms with Crippen LogP contribution < -0.4 is 11.1 Å². The zero-order valence-corrected chi connectivity index (χ0v) is 21.1. The number of carboxylic acids is 1. The van der Waals surface area contributed by atoms with E-state index >= 15 is 0 Å². The fourth-order valence-corrected chi connectivity index (χ4v) is 4.93. The molecule has 38 heavy (non-hydrogen) atoms. The van der Waals surface area contributed by atoms with Crippen molar-refractivity contribution in [3.05, 3.63) is 95.6 Å². The first-order valence-electron chi connectivity index (χ1n) is 12.7. The summed E-state index contributed by atoms with van der Waals surface area (Å²) in [5, 5.41) is 19.8. The van der Waals surface area contributed by atoms with Gasteiger partial charge in [-0.2, -0.15) is 0 Å². The Kier molecular flexibility index (Phi) is 8.53. The Morgan fingerprint density at radius 2 is 1.71 bits per heavy atom. The molecule has 1 fully saturated rings. The summed E-state index contributed by atoms with van der Waals surface area (Å²) in [5.74, 6) is -1.99. The number of nitrogens with one attached hydrogen (secondary N) is 2. The number of nitrogens with two attached hydrogens (primary N) is 1. The van der Waals surface area contributed by atoms with Gasteiger partial charge in [0.15, 0.2) is 0 Å². The van der Waals surface area contributed by atoms with E-state index in [1.807, 2.05) is 48.5 Å². The number of benzene rings is 3. The van der Waals surface area contributed by atoms with Crippen LogP contribution in [0.2, 0.25) is 0 Å². The first-order valence-corrected chi connectivity index (χ1v) is 12.7. The number of hydrogen-bond donors (Lipinski definition) is 4. The number of hydrogen-bond acceptors (Lipinski definition) is 4. The fraction of sp³-hybridized carbons (Fsp3) is 0.267. The Balaban J connectivity index is 1.40. The maximum Gasteiger partial charge on any atom is 0.304 e. The lowest BCUT2D eigenvalue weighted by atomic mass is 10.0. The van der Waals surface area contributed by atoms with Crippen LogP contribution in [0, 0.1) is 11.3 Å². The van der Waals surface area contributed by atoms with E-state index < -0.39 is 11.9 Å². The van der Waals surface area contributed by atoms with Crippen molar-refractivity contribution < 1.29 is 19.5 Å². The van der Waals surface area contributed by atoms with E-state index in [4.69, 9.17) is 11.1 Å². The van der Waals surface area contributed by atoms with Crippen molar-refractivity contribution in [2.24, 2.45) is 11.7 Å². The second kappa shape index (κ2) is 12.2. The van der Waals surface area contributed by atoms with Gasteiger partial charge in [-0.05, 0) is 48.1 Å². The number of nitrogen functional groups attached to an aromatic ring is 1. The number of rotatable bonds is 11. The molecule has 4 rings (SSSR count). The molecule has 0 aliphatic carbocycles. The number of aryl methyl sites for hydroxylation is 1. The largest absolute Gasteiger partial charge is 0.481 e. The van der Waals surface area contributed by atoms with E-state index in [-0.39, 0.29) is 36.7 Å². The second-order valence-electron chi connectivity index (χ2n) is 9.59. The molecular weight excluding hydrogens is 480 g/mol. The summed E-state index contributed by atoms with van der Waals surface area (Å²) in [6, 6.07) is 24.2. The minimum atomic E-state index is -0.995. The zero-order chi connectivity index (χ0) is 27.1. The summed E-state index contributed by atoms with van der Waals surface area (Å²) >= 11 is 0. The highest BCUT2D eigenvalue weighted by Crippen LogP contribution is 2.28. The standard InChI is InChI=1S/C30H32N4O4/c31-28(32)22-13-11-21(12-14-22)23-9-4-10-24(16-23)29(37)33-19-26-17-25(18-27(35)36)30(38)34(26)15-5-8-20-6-2-1-3-7-20/h1-4,6-7,9-14,16,25-26H,5,8,15,17-19H2,(H3,31,32)(H,33,37)(H,35,36)/t25-,26-/m0/s1. The summed E-state index contributed by atoms with van der Waals surface area (Å²) in [7, 11) is 0. The van der Waals surface area contributed by atoms with E-state index in [0.717, 1.165) is 24.0 Å². The lowest BCUT2D eigenvalue weighted by Crippen LogP contribution is -2.42. The average Bonchev–Trinajstić information content (AvgIpc) is 3.21. The molecule has 1 aliphatic heterocycles. The van der Waals surface area contributed by atoms with E-state index in [1.165, 1.54) is 5.56 Å². The molecule has 3 aromatic rings. The van der Waals surface area contributed by atoms with E-state index in [0.29, 0.717) is 24.1 Å². The van der Waals surface area contributed by atoms with Crippen molar-refractivity contribution >= 4 is 23.6 Å². The number of aliphatic carboxylic acids is 1. The monoisotopic (exact) mass is 512 g/mol. The highest BCUT2D eigenvalue weighted by molar-refractivity contribution is 5.96. The number of likely N-dealkylation sites (tertiary alicyclic amines) is 1. The smallest absolute Gasteiger partial charge is 0.304 e. The third-order valence-electron chi connectivity index (χ3n) is 6.91. The van der Waals surface area contributed by atoms with Crippen molar-refractivity contribution in [2.45, 2.75) is 31.7 Å². The first-order chi connectivity index (χ1) is 18.3. The van der Waals surface area contributed by atoms with Gasteiger partial charge in [0, 0.05) is 30.3 Å². The molecule has 196 valence electrons. The van der Waals surface area contributed by atoms with Crippen LogP contribution in [0.5, 0.6) is 0 Å². The van der Waals surface area contributed by atoms with Gasteiger partial charge in [0.25, 0.3) is 5.91 Å². The van der Waals surface area contributed by atoms with Crippen LogP contribution in [0.4, 0.5) is 0 Å². The van der Waals surface area contributed by atoms with Crippen molar-refractivity contribution in [3.8, 4) is 11.1 Å². The van der Waals surface area contributed by atoms with Crippen LogP contribution >= 0.6 is 0 Å². The molecule has 1 heterocycles. The normalized spacial score (nSPS) is 16.8. The minimum Gasteiger partial charge on any atom is -0.481 e. The molecule has 3 aromatic carbocycles. The van der Waals surface area contributed by atoms with Gasteiger partial charge in [0.2, 0.25) is 5.91 Å². The summed E-state index contributed by atoms with van der Waals surface area (Å²) < 4.78 is 0. The molecule has 0 aromatic heterocycles. The van der Waals surface area contributed by atoms with Gasteiger partial charge in [-0.3, -0.25) is 19.8 Å². The van der Waals surface area contributed by atoms with E-state index in [1.54, 1.807) is 35.2 Å². The van der Waals surface area contributed by atoms with Crippen molar-refractivity contribution in [1.82, 2.24) is 10.2 Å². The summed E-state index contributed by atoms with van der Waals surface area (Å²) in [6.07, 6.45) is 1.76. The number of amidine groups is 1. The zero-order valence-electron chi connectivity index (χ0n) is 21.1. The van der Waals surface area contributed by atoms with Crippen LogP contribution in [0.25, 0.3) is 11.1 Å². The molecule has 2 atom stereocenters. The first kappa shape index (κ1) is 26.6. The van der Waals surface area contributed by atoms with Crippen LogP contribution in [-0.2, 0) is 16.0 Å². The Hall–Kier alpha value is -4.46. The number of carbonyl (C=O) groups excluding carboxylic acids is 2. The van der Waals surface area contributed by atoms with Gasteiger partial charge in [0.1, 0.15) is 5.84 Å². The Labute approximate surface area is 222 Å². The lowest BCUT2D eigenvalue weighted by molar-refractivity contribution is -0.142. The van der Waals surface area contributed by atoms with Crippen LogP contribution in [0.15, 0.2) is 78.9 Å². The van der Waals surface area contributed by atoms with Crippen molar-refractivity contribution in [2.75, 3.05) is 13.1 Å². The molecule has 1 aliphatic rings. The Morgan fingerprint density at radius 1 is 0.974 bits per heavy atom. The van der Waals surface area contributed by atoms with E-state index in [9.17, 15) is 19.5 Å². The molecule has 0 spiro atoms. The quantitative estimate of drug-likeness (QED) is 0.229. The number of carbonyl (C=O) groups is 3. The van der Waals surface area contributed by atoms with Crippen molar-refractivity contribution in [3.63, 3.8) is 0 Å². The molecule has 0 bridgehead atoms. The fourth-order valence-electron chi connectivity index (χ4n) is 4.93. The number of carboxylic acid groups (broad SMARTS) is 1. The molecule has 0 unspecified atom stereocenters. The predicted octanol–water partition coefficient (Wildman–Crippen LogP) is 3.69. The van der Waals surface area contributed by atoms with Crippen molar-refractivity contribution in [1.29, 1.82) is 5.41 Å². The molecule has 8 heteroatoms. The van der Waals surface area contributed by atoms with Crippen LogP contribution in [0.3, 0.4) is 0 Å². The number of amides is 2. The van der Waals surface area contributed by atoms with Gasteiger partial charge in [0.05, 0.1) is 12.3 Å². The molecule has 8 nitrogen and oxygen atoms in total. The minimum absolute atomic E-state index is 0.00484. The maximum atomic E-state index is 13.0. The van der Waals surface area contributed by atoms with Crippen LogP contribution in [-0.4, -0.2) is 52.8 Å². The van der Waals surface area contributed by atoms with Gasteiger partial charge in [-0.25, -0.2) is 0 Å². The number of nitrogens with zero attached hydrogens (tertiary/aromatic N) is 1. The molecule has 0 radical (unpaired) electrons. The van der Waals surface area contributed by atoms with Gasteiger partial charge in [-0.1, -0.05) is 66.7 Å². The SMILES string of the molecule is N=C(N)c1ccc(-c2cccc(C(=O)NC[C@@H]3C[C@@H](CC(=O)O)C(=O)N3CCCc3ccccc3)c2)cc1. The second-order valence-corrected chi connectivity index (χ2v) is 9.59. The summed E-state index contributed by atoms with van der Waals surface area (Å²) in [6.45, 7) is 0.764. The lowest BCUT2D eigenvalue weighted by Gasteiger charge is -2.25. The summed E-state index contributed by atoms with van der Waals surface area (Å²) in [5.41, 5.74) is 9.58. The van der Waals surface area contributed by atoms with E-state index in [2.05, 4.69) is 5.32 Å². The third-order valence-corrected chi connectivity index (χ3v) is 6.91. The Bertz CT molecular complexity index is 1310. The Morgan fingerprint density at radius 3 is 2.39 bits per heavy atom. The molecule has 2 amide bonds. The highest BCUT2D eigenvalue weighted by atomic mass is 16.4. The third kappa shape index (κ3) is 6.64. The highest BCUT2D eigenvalue weighted by Gasteiger charge is 2.40. The van der Waals surface area contributed by atoms with Gasteiger partial charge >= 0.3 is 5.97 Å². The molecule has 0 saturated carbocycles. The summed E-state index contributed by atoms with van der Waals surface area (Å²) in [4.78, 5) is 39.1. The molecule has 1 saturated heterocycles. The van der Waals surface area contributed by atoms with Gasteiger partial charge < -0.3 is 21.1 Å². The van der Waals surface area contributed by atoms with Crippen LogP contribution in [0.1, 0.15) is 40.7 Å². The maximum absolute atomic E-state index is 13.0. The van der Waals surface area contributed by atoms with Gasteiger partial charge in [-0.15, -0.1) is 0 Å². The predicted molar refractivity (Wildman–Crippen MR) is 146 cm³/mol. The topological polar surface area (TPSA) is 137 Å².